The van der Waals surface area contributed by atoms with Crippen LogP contribution in [0, 0.1) is 11.8 Å². The fourth-order valence-corrected chi connectivity index (χ4v) is 2.75. The van der Waals surface area contributed by atoms with E-state index in [0.29, 0.717) is 12.5 Å². The molecule has 3 unspecified atom stereocenters. The minimum Gasteiger partial charge on any atom is -0.495 e. The molecule has 1 fully saturated rings. The summed E-state index contributed by atoms with van der Waals surface area (Å²) >= 11 is 0. The Morgan fingerprint density at radius 2 is 2.04 bits per heavy atom. The number of nitrogens with one attached hydrogen (secondary N) is 1. The third-order valence-corrected chi connectivity index (χ3v) is 4.48. The molecule has 3 N–H and O–H groups in total. The van der Waals surface area contributed by atoms with E-state index in [2.05, 4.69) is 16.3 Å². The zero-order valence-corrected chi connectivity index (χ0v) is 16.2. The largest absolute Gasteiger partial charge is 0.495 e. The summed E-state index contributed by atoms with van der Waals surface area (Å²) in [6, 6.07) is 7.95. The molecule has 1 aromatic carbocycles. The first kappa shape index (κ1) is 22.8. The van der Waals surface area contributed by atoms with Crippen LogP contribution >= 0.6 is 24.8 Å². The molecule has 1 amide bonds. The van der Waals surface area contributed by atoms with Crippen molar-refractivity contribution in [2.45, 2.75) is 26.3 Å². The van der Waals surface area contributed by atoms with Gasteiger partial charge in [0.15, 0.2) is 0 Å². The van der Waals surface area contributed by atoms with Crippen LogP contribution < -0.4 is 20.7 Å². The number of para-hydroxylation sites is 2. The van der Waals surface area contributed by atoms with Gasteiger partial charge in [-0.3, -0.25) is 4.79 Å². The van der Waals surface area contributed by atoms with Crippen LogP contribution in [0.3, 0.4) is 0 Å². The van der Waals surface area contributed by atoms with Crippen LogP contribution in [0.15, 0.2) is 24.3 Å². The highest BCUT2D eigenvalue weighted by Gasteiger charge is 2.25. The van der Waals surface area contributed by atoms with Gasteiger partial charge < -0.3 is 20.7 Å². The van der Waals surface area contributed by atoms with Crippen LogP contribution in [-0.2, 0) is 4.79 Å². The normalized spacial score (nSPS) is 18.8. The summed E-state index contributed by atoms with van der Waals surface area (Å²) in [7, 11) is 1.70. The predicted octanol–water partition coefficient (Wildman–Crippen LogP) is 2.46. The van der Waals surface area contributed by atoms with E-state index in [4.69, 9.17) is 10.5 Å². The fourth-order valence-electron chi connectivity index (χ4n) is 2.75. The summed E-state index contributed by atoms with van der Waals surface area (Å²) < 4.78 is 5.42. The third-order valence-electron chi connectivity index (χ3n) is 4.48. The molecular formula is C17H29Cl2N3O2. The van der Waals surface area contributed by atoms with E-state index in [1.165, 1.54) is 0 Å². The molecule has 1 saturated heterocycles. The molecule has 5 nitrogen and oxygen atoms in total. The van der Waals surface area contributed by atoms with Crippen molar-refractivity contribution in [1.82, 2.24) is 5.32 Å². The Balaban J connectivity index is 0.00000264. The molecule has 1 aromatic rings. The van der Waals surface area contributed by atoms with Crippen molar-refractivity contribution in [3.8, 4) is 5.75 Å². The third kappa shape index (κ3) is 5.72. The second kappa shape index (κ2) is 10.6. The zero-order valence-electron chi connectivity index (χ0n) is 14.5. The molecule has 0 saturated carbocycles. The number of rotatable bonds is 6. The average molecular weight is 378 g/mol. The van der Waals surface area contributed by atoms with E-state index >= 15 is 0 Å². The molecule has 7 heteroatoms. The second-order valence-electron chi connectivity index (χ2n) is 6.17. The van der Waals surface area contributed by atoms with Crippen molar-refractivity contribution in [3.05, 3.63) is 24.3 Å². The van der Waals surface area contributed by atoms with Crippen LogP contribution in [0.2, 0.25) is 0 Å². The Hall–Kier alpha value is -1.17. The molecule has 138 valence electrons. The van der Waals surface area contributed by atoms with Crippen LogP contribution in [0.25, 0.3) is 0 Å². The molecule has 0 bridgehead atoms. The highest BCUT2D eigenvalue weighted by molar-refractivity contribution is 5.85. The molecule has 2 rings (SSSR count). The molecule has 3 atom stereocenters. The van der Waals surface area contributed by atoms with Gasteiger partial charge in [-0.2, -0.15) is 0 Å². The Labute approximate surface area is 157 Å². The minimum absolute atomic E-state index is 0. The van der Waals surface area contributed by atoms with Crippen molar-refractivity contribution in [2.24, 2.45) is 17.6 Å². The Morgan fingerprint density at radius 3 is 2.67 bits per heavy atom. The van der Waals surface area contributed by atoms with Crippen LogP contribution in [0.5, 0.6) is 5.75 Å². The van der Waals surface area contributed by atoms with E-state index < -0.39 is 0 Å². The van der Waals surface area contributed by atoms with Gasteiger partial charge in [-0.1, -0.05) is 19.1 Å². The fraction of sp³-hybridized carbons (Fsp3) is 0.588. The van der Waals surface area contributed by atoms with E-state index in [1.807, 2.05) is 32.0 Å². The van der Waals surface area contributed by atoms with Gasteiger partial charge >= 0.3 is 0 Å². The maximum atomic E-state index is 12.0. The number of anilines is 1. The Kier molecular flexibility index (Phi) is 10.1. The lowest BCUT2D eigenvalue weighted by molar-refractivity contribution is -0.125. The lowest BCUT2D eigenvalue weighted by atomic mass is 10.0. The molecule has 1 aliphatic heterocycles. The zero-order chi connectivity index (χ0) is 16.1. The summed E-state index contributed by atoms with van der Waals surface area (Å²) in [5.41, 5.74) is 6.90. The first-order chi connectivity index (χ1) is 10.5. The van der Waals surface area contributed by atoms with Gasteiger partial charge in [0.25, 0.3) is 0 Å². The monoisotopic (exact) mass is 377 g/mol. The maximum absolute atomic E-state index is 12.0. The van der Waals surface area contributed by atoms with Gasteiger partial charge in [0.2, 0.25) is 5.91 Å². The van der Waals surface area contributed by atoms with E-state index in [-0.39, 0.29) is 42.7 Å². The molecule has 24 heavy (non-hydrogen) atoms. The number of halogens is 2. The maximum Gasteiger partial charge on any atom is 0.224 e. The van der Waals surface area contributed by atoms with Crippen LogP contribution in [-0.4, -0.2) is 38.7 Å². The number of nitrogens with zero attached hydrogens (tertiary/aromatic N) is 1. The first-order valence-electron chi connectivity index (χ1n) is 7.94. The highest BCUT2D eigenvalue weighted by atomic mass is 35.5. The number of carbonyl (C=O) groups excluding carboxylic acids is 1. The molecular weight excluding hydrogens is 349 g/mol. The summed E-state index contributed by atoms with van der Waals surface area (Å²) in [5.74, 6) is 1.27. The minimum atomic E-state index is -0.147. The number of hydrogen-bond donors (Lipinski definition) is 2. The van der Waals surface area contributed by atoms with Gasteiger partial charge in [-0.05, 0) is 31.4 Å². The quantitative estimate of drug-likeness (QED) is 0.798. The predicted molar refractivity (Wildman–Crippen MR) is 104 cm³/mol. The molecule has 0 aliphatic carbocycles. The number of ether oxygens (including phenoxy) is 1. The number of hydrogen-bond acceptors (Lipinski definition) is 4. The summed E-state index contributed by atoms with van der Waals surface area (Å²) in [6.45, 7) is 6.37. The van der Waals surface area contributed by atoms with Crippen molar-refractivity contribution >= 4 is 36.4 Å². The van der Waals surface area contributed by atoms with Gasteiger partial charge in [-0.25, -0.2) is 0 Å². The molecule has 1 aliphatic rings. The van der Waals surface area contributed by atoms with Crippen molar-refractivity contribution in [2.75, 3.05) is 31.6 Å². The van der Waals surface area contributed by atoms with Crippen molar-refractivity contribution in [3.63, 3.8) is 0 Å². The summed E-state index contributed by atoms with van der Waals surface area (Å²) in [6.07, 6.45) is 1.07. The smallest absolute Gasteiger partial charge is 0.224 e. The van der Waals surface area contributed by atoms with E-state index in [1.54, 1.807) is 7.11 Å². The molecule has 1 heterocycles. The van der Waals surface area contributed by atoms with Gasteiger partial charge in [0, 0.05) is 31.6 Å². The first-order valence-corrected chi connectivity index (χ1v) is 7.94. The number of benzene rings is 1. The molecule has 0 spiro atoms. The Bertz CT molecular complexity index is 514. The molecule has 0 radical (unpaired) electrons. The standard InChI is InChI=1S/C17H27N3O2.2ClH/c1-12(13(2)18)17(21)19-10-14-8-9-20(11-14)15-6-4-5-7-16(15)22-3;;/h4-7,12-14H,8-11,18H2,1-3H3,(H,19,21);2*1H. The highest BCUT2D eigenvalue weighted by Crippen LogP contribution is 2.31. The van der Waals surface area contributed by atoms with Crippen molar-refractivity contribution in [1.29, 1.82) is 0 Å². The van der Waals surface area contributed by atoms with Gasteiger partial charge in [-0.15, -0.1) is 24.8 Å². The topological polar surface area (TPSA) is 67.6 Å². The van der Waals surface area contributed by atoms with E-state index in [9.17, 15) is 4.79 Å². The number of carbonyl (C=O) groups is 1. The van der Waals surface area contributed by atoms with Gasteiger partial charge in [0.05, 0.1) is 12.8 Å². The number of methoxy groups -OCH3 is 1. The average Bonchev–Trinajstić information content (AvgIpc) is 3.00. The number of nitrogens with two attached hydrogens (primary N) is 1. The molecule has 0 aromatic heterocycles. The lowest BCUT2D eigenvalue weighted by Gasteiger charge is -2.21. The summed E-state index contributed by atoms with van der Waals surface area (Å²) in [4.78, 5) is 14.3. The van der Waals surface area contributed by atoms with Crippen molar-refractivity contribution < 1.29 is 9.53 Å². The van der Waals surface area contributed by atoms with Crippen LogP contribution in [0.4, 0.5) is 5.69 Å². The number of amides is 1. The lowest BCUT2D eigenvalue weighted by Crippen LogP contribution is -2.40. The van der Waals surface area contributed by atoms with Gasteiger partial charge in [0.1, 0.15) is 5.75 Å². The second-order valence-corrected chi connectivity index (χ2v) is 6.17. The SMILES string of the molecule is COc1ccccc1N1CCC(CNC(=O)C(C)C(C)N)C1.Cl.Cl. The van der Waals surface area contributed by atoms with Crippen LogP contribution in [0.1, 0.15) is 20.3 Å². The summed E-state index contributed by atoms with van der Waals surface area (Å²) in [5, 5.41) is 3.03. The Morgan fingerprint density at radius 1 is 1.38 bits per heavy atom. The van der Waals surface area contributed by atoms with E-state index in [0.717, 1.165) is 30.9 Å².